The number of benzene rings is 2. The Morgan fingerprint density at radius 2 is 1.85 bits per heavy atom. The van der Waals surface area contributed by atoms with E-state index >= 15 is 0 Å². The van der Waals surface area contributed by atoms with Crippen molar-refractivity contribution in [2.75, 3.05) is 25.5 Å². The summed E-state index contributed by atoms with van der Waals surface area (Å²) in [5.41, 5.74) is 2.87. The molecule has 6 rings (SSSR count). The van der Waals surface area contributed by atoms with E-state index in [2.05, 4.69) is 29.6 Å². The van der Waals surface area contributed by atoms with Gasteiger partial charge in [0.2, 0.25) is 0 Å². The highest BCUT2D eigenvalue weighted by atomic mass is 32.1. The van der Waals surface area contributed by atoms with Crippen LogP contribution >= 0.6 is 11.3 Å². The van der Waals surface area contributed by atoms with Crippen LogP contribution < -0.4 is 15.6 Å². The Balaban J connectivity index is 1.34. The highest BCUT2D eigenvalue weighted by Crippen LogP contribution is 2.43. The fourth-order valence-corrected chi connectivity index (χ4v) is 6.54. The van der Waals surface area contributed by atoms with Crippen molar-refractivity contribution >= 4 is 33.1 Å². The van der Waals surface area contributed by atoms with Gasteiger partial charge in [-0.15, -0.1) is 11.3 Å². The molecule has 2 aliphatic heterocycles. The zero-order valence-corrected chi connectivity index (χ0v) is 19.7. The van der Waals surface area contributed by atoms with E-state index in [-0.39, 0.29) is 23.4 Å². The van der Waals surface area contributed by atoms with Crippen molar-refractivity contribution in [3.63, 3.8) is 0 Å². The van der Waals surface area contributed by atoms with Crippen LogP contribution in [0.2, 0.25) is 0 Å². The summed E-state index contributed by atoms with van der Waals surface area (Å²) >= 11 is 1.75. The minimum Gasteiger partial charge on any atom is -0.495 e. The zero-order chi connectivity index (χ0) is 23.2. The molecule has 1 fully saturated rings. The molecule has 2 aromatic carbocycles. The van der Waals surface area contributed by atoms with Crippen LogP contribution in [0, 0.1) is 5.92 Å². The normalized spacial score (nSPS) is 19.0. The second kappa shape index (κ2) is 8.33. The van der Waals surface area contributed by atoms with Gasteiger partial charge in [-0.2, -0.15) is 0 Å². The Morgan fingerprint density at radius 3 is 2.71 bits per heavy atom. The Hall–Kier alpha value is -3.58. The number of hydrogen-bond donors (Lipinski definition) is 1. The third-order valence-corrected chi connectivity index (χ3v) is 8.07. The third-order valence-electron chi connectivity index (χ3n) is 6.92. The summed E-state index contributed by atoms with van der Waals surface area (Å²) in [6, 6.07) is 21.5. The molecule has 2 amide bonds. The van der Waals surface area contributed by atoms with Crippen LogP contribution in [0.25, 0.3) is 20.5 Å². The summed E-state index contributed by atoms with van der Waals surface area (Å²) in [6.07, 6.45) is 0.986. The van der Waals surface area contributed by atoms with Gasteiger partial charge in [0.1, 0.15) is 5.75 Å². The van der Waals surface area contributed by atoms with Crippen LogP contribution in [-0.4, -0.2) is 35.7 Å². The lowest BCUT2D eigenvalue weighted by molar-refractivity contribution is 0.140. The van der Waals surface area contributed by atoms with E-state index in [0.717, 1.165) is 17.7 Å². The maximum atomic E-state index is 13.2. The smallest absolute Gasteiger partial charge is 0.321 e. The molecule has 0 spiro atoms. The summed E-state index contributed by atoms with van der Waals surface area (Å²) in [7, 11) is 1.60. The number of pyridine rings is 1. The number of carbonyl (C=O) groups is 1. The number of amides is 2. The van der Waals surface area contributed by atoms with Crippen molar-refractivity contribution in [1.29, 1.82) is 0 Å². The van der Waals surface area contributed by atoms with Gasteiger partial charge in [0.05, 0.1) is 12.8 Å². The first-order valence-corrected chi connectivity index (χ1v) is 12.3. The molecule has 1 saturated heterocycles. The molecule has 4 heterocycles. The minimum atomic E-state index is -0.130. The topological polar surface area (TPSA) is 63.6 Å². The molecule has 0 saturated carbocycles. The molecule has 7 heteroatoms. The number of nitrogens with one attached hydrogen (secondary N) is 1. The van der Waals surface area contributed by atoms with E-state index in [0.29, 0.717) is 31.1 Å². The Bertz CT molecular complexity index is 1420. The van der Waals surface area contributed by atoms with Gasteiger partial charge in [0, 0.05) is 52.5 Å². The molecule has 2 aromatic heterocycles. The number of thiophene rings is 1. The molecule has 1 N–H and O–H groups in total. The van der Waals surface area contributed by atoms with Crippen LogP contribution in [0.1, 0.15) is 18.0 Å². The lowest BCUT2D eigenvalue weighted by Gasteiger charge is -2.43. The van der Waals surface area contributed by atoms with E-state index in [1.807, 2.05) is 45.9 Å². The summed E-state index contributed by atoms with van der Waals surface area (Å²) in [6.45, 7) is 1.86. The number of methoxy groups -OCH3 is 1. The largest absolute Gasteiger partial charge is 0.495 e. The van der Waals surface area contributed by atoms with Gasteiger partial charge in [-0.1, -0.05) is 30.3 Å². The molecule has 172 valence electrons. The Kier molecular flexibility index (Phi) is 5.14. The average Bonchev–Trinajstić information content (AvgIpc) is 3.29. The van der Waals surface area contributed by atoms with Gasteiger partial charge in [0.15, 0.2) is 0 Å². The van der Waals surface area contributed by atoms with Gasteiger partial charge in [-0.25, -0.2) is 4.79 Å². The number of hydrogen-bond acceptors (Lipinski definition) is 4. The molecule has 6 nitrogen and oxygen atoms in total. The van der Waals surface area contributed by atoms with Gasteiger partial charge < -0.3 is 19.5 Å². The lowest BCUT2D eigenvalue weighted by atomic mass is 9.81. The predicted octanol–water partition coefficient (Wildman–Crippen LogP) is 5.39. The van der Waals surface area contributed by atoms with Gasteiger partial charge >= 0.3 is 6.03 Å². The average molecular weight is 472 g/mol. The molecule has 0 unspecified atom stereocenters. The van der Waals surface area contributed by atoms with Crippen LogP contribution in [0.15, 0.2) is 71.5 Å². The third kappa shape index (κ3) is 3.56. The lowest BCUT2D eigenvalue weighted by Crippen LogP contribution is -2.50. The standard InChI is InChI=1S/C27H25N3O3S/c1-33-22-8-4-3-7-21(22)28-27(32)29-14-17-12-19(16-29)26-20(10-11-25(31)30(26)15-17)24-13-18-6-2-5-9-23(18)34-24/h2-11,13,17,19H,12,14-16H2,1H3,(H,28,32)/t17-,19+/m0/s1. The molecule has 2 atom stereocenters. The number of aromatic nitrogens is 1. The van der Waals surface area contributed by atoms with E-state index in [9.17, 15) is 9.59 Å². The van der Waals surface area contributed by atoms with E-state index in [1.54, 1.807) is 24.5 Å². The molecule has 0 radical (unpaired) electrons. The van der Waals surface area contributed by atoms with Crippen LogP contribution in [0.5, 0.6) is 5.75 Å². The maximum Gasteiger partial charge on any atom is 0.321 e. The van der Waals surface area contributed by atoms with E-state index in [4.69, 9.17) is 4.74 Å². The molecule has 2 aliphatic rings. The van der Waals surface area contributed by atoms with Crippen molar-refractivity contribution in [2.24, 2.45) is 5.92 Å². The number of anilines is 1. The number of piperidine rings is 1. The second-order valence-electron chi connectivity index (χ2n) is 9.06. The van der Waals surface area contributed by atoms with E-state index in [1.165, 1.54) is 15.0 Å². The molecule has 0 aliphatic carbocycles. The summed E-state index contributed by atoms with van der Waals surface area (Å²) < 4.78 is 8.57. The first-order chi connectivity index (χ1) is 16.6. The van der Waals surface area contributed by atoms with Crippen molar-refractivity contribution in [2.45, 2.75) is 18.9 Å². The van der Waals surface area contributed by atoms with Gasteiger partial charge in [-0.3, -0.25) is 4.79 Å². The fraction of sp³-hybridized carbons (Fsp3) is 0.259. The van der Waals surface area contributed by atoms with Gasteiger partial charge in [0.25, 0.3) is 5.56 Å². The number of rotatable bonds is 3. The summed E-state index contributed by atoms with van der Waals surface area (Å²) in [5.74, 6) is 1.01. The minimum absolute atomic E-state index is 0.0430. The van der Waals surface area contributed by atoms with Crippen molar-refractivity contribution in [1.82, 2.24) is 9.47 Å². The number of likely N-dealkylation sites (tertiary alicyclic amines) is 1. The number of ether oxygens (including phenoxy) is 1. The summed E-state index contributed by atoms with van der Waals surface area (Å²) in [4.78, 5) is 29.1. The molecule has 4 aromatic rings. The molecule has 34 heavy (non-hydrogen) atoms. The Labute approximate surface area is 201 Å². The highest BCUT2D eigenvalue weighted by Gasteiger charge is 2.38. The van der Waals surface area contributed by atoms with Crippen molar-refractivity contribution < 1.29 is 9.53 Å². The molecule has 2 bridgehead atoms. The van der Waals surface area contributed by atoms with Crippen molar-refractivity contribution in [3.8, 4) is 16.2 Å². The van der Waals surface area contributed by atoms with Crippen molar-refractivity contribution in [3.05, 3.63) is 82.8 Å². The number of fused-ring (bicyclic) bond motifs is 5. The van der Waals surface area contributed by atoms with E-state index < -0.39 is 0 Å². The van der Waals surface area contributed by atoms with Crippen LogP contribution in [-0.2, 0) is 6.54 Å². The quantitative estimate of drug-likeness (QED) is 0.436. The molecular formula is C27H25N3O3S. The monoisotopic (exact) mass is 471 g/mol. The maximum absolute atomic E-state index is 13.2. The Morgan fingerprint density at radius 1 is 1.03 bits per heavy atom. The fourth-order valence-electron chi connectivity index (χ4n) is 5.45. The number of para-hydroxylation sites is 2. The van der Waals surface area contributed by atoms with Gasteiger partial charge in [-0.05, 0) is 48.1 Å². The molecular weight excluding hydrogens is 446 g/mol. The first-order valence-electron chi connectivity index (χ1n) is 11.5. The first kappa shape index (κ1) is 21.0. The van der Waals surface area contributed by atoms with Crippen LogP contribution in [0.4, 0.5) is 10.5 Å². The van der Waals surface area contributed by atoms with Crippen LogP contribution in [0.3, 0.4) is 0 Å². The number of nitrogens with zero attached hydrogens (tertiary/aromatic N) is 2. The second-order valence-corrected chi connectivity index (χ2v) is 10.1. The highest BCUT2D eigenvalue weighted by molar-refractivity contribution is 7.22. The zero-order valence-electron chi connectivity index (χ0n) is 18.9. The number of carbonyl (C=O) groups excluding carboxylic acids is 1. The SMILES string of the molecule is COc1ccccc1NC(=O)N1C[C@@H]2C[C@H](C1)c1c(-c3cc4ccccc4s3)ccc(=O)n1C2. The summed E-state index contributed by atoms with van der Waals surface area (Å²) in [5, 5.41) is 4.23. The number of urea groups is 1. The predicted molar refractivity (Wildman–Crippen MR) is 136 cm³/mol.